The molecule has 1 aliphatic heterocycles. The summed E-state index contributed by atoms with van der Waals surface area (Å²) in [6, 6.07) is 5.99. The Kier molecular flexibility index (Phi) is 6.06. The highest BCUT2D eigenvalue weighted by molar-refractivity contribution is 5.91. The fraction of sp³-hybridized carbons (Fsp3) is 0.348. The van der Waals surface area contributed by atoms with Crippen LogP contribution in [0.4, 0.5) is 11.6 Å². The lowest BCUT2D eigenvalue weighted by molar-refractivity contribution is -0.127. The van der Waals surface area contributed by atoms with E-state index in [1.807, 2.05) is 43.9 Å². The Morgan fingerprint density at radius 3 is 2.65 bits per heavy atom. The molecule has 8 heteroatoms. The maximum absolute atomic E-state index is 12.7. The molecule has 31 heavy (non-hydrogen) atoms. The Bertz CT molecular complexity index is 1070. The summed E-state index contributed by atoms with van der Waals surface area (Å²) in [5.41, 5.74) is 5.48. The van der Waals surface area contributed by atoms with Crippen LogP contribution in [0.15, 0.2) is 36.8 Å². The highest BCUT2D eigenvalue weighted by Gasteiger charge is 2.25. The van der Waals surface area contributed by atoms with E-state index in [0.29, 0.717) is 12.5 Å². The third-order valence-electron chi connectivity index (χ3n) is 5.29. The van der Waals surface area contributed by atoms with Crippen molar-refractivity contribution in [3.05, 3.63) is 65.3 Å². The molecule has 0 aromatic carbocycles. The maximum atomic E-state index is 12.7. The van der Waals surface area contributed by atoms with E-state index in [0.717, 1.165) is 53.5 Å². The van der Waals surface area contributed by atoms with Gasteiger partial charge in [0.1, 0.15) is 0 Å². The van der Waals surface area contributed by atoms with Crippen molar-refractivity contribution >= 4 is 23.6 Å². The Balaban J connectivity index is 1.48. The standard InChI is InChI=1S/C23H27N7O/c1-15-9-16(2)28-23(27-15)29-20-10-17(3)26-21(11-20)18-5-4-8-30(13-18)22(31)7-6-19-12-24-14-25-19/h6-7,9-12,14,18H,4-5,8,13H2,1-3H3,(H,24,25)(H,26,27,28,29)/b7-6+. The number of aromatic amines is 1. The number of nitrogens with zero attached hydrogens (tertiary/aromatic N) is 5. The molecule has 3 aromatic rings. The molecule has 1 atom stereocenters. The average molecular weight is 418 g/mol. The molecule has 3 aromatic heterocycles. The van der Waals surface area contributed by atoms with E-state index in [4.69, 9.17) is 4.98 Å². The molecule has 1 saturated heterocycles. The summed E-state index contributed by atoms with van der Waals surface area (Å²) < 4.78 is 0. The van der Waals surface area contributed by atoms with Gasteiger partial charge >= 0.3 is 0 Å². The smallest absolute Gasteiger partial charge is 0.246 e. The van der Waals surface area contributed by atoms with Gasteiger partial charge in [-0.25, -0.2) is 15.0 Å². The lowest BCUT2D eigenvalue weighted by atomic mass is 9.93. The van der Waals surface area contributed by atoms with Gasteiger partial charge in [0.2, 0.25) is 11.9 Å². The first-order valence-electron chi connectivity index (χ1n) is 10.5. The van der Waals surface area contributed by atoms with E-state index in [1.54, 1.807) is 24.7 Å². The maximum Gasteiger partial charge on any atom is 0.246 e. The molecule has 4 heterocycles. The molecule has 0 saturated carbocycles. The topological polar surface area (TPSA) is 99.7 Å². The van der Waals surface area contributed by atoms with Crippen molar-refractivity contribution in [3.8, 4) is 0 Å². The van der Waals surface area contributed by atoms with Gasteiger partial charge in [0.15, 0.2) is 0 Å². The number of H-pyrrole nitrogens is 1. The molecule has 8 nitrogen and oxygen atoms in total. The molecule has 0 bridgehead atoms. The fourth-order valence-corrected chi connectivity index (χ4v) is 3.93. The Hall–Kier alpha value is -3.55. The van der Waals surface area contributed by atoms with Gasteiger partial charge in [0, 0.05) is 53.5 Å². The molecule has 0 spiro atoms. The van der Waals surface area contributed by atoms with E-state index in [-0.39, 0.29) is 11.8 Å². The quantitative estimate of drug-likeness (QED) is 0.614. The predicted octanol–water partition coefficient (Wildman–Crippen LogP) is 3.68. The number of rotatable bonds is 5. The van der Waals surface area contributed by atoms with Crippen LogP contribution < -0.4 is 5.32 Å². The summed E-state index contributed by atoms with van der Waals surface area (Å²) in [7, 11) is 0. The van der Waals surface area contributed by atoms with Crippen LogP contribution in [-0.2, 0) is 4.79 Å². The number of likely N-dealkylation sites (tertiary alicyclic amines) is 1. The summed E-state index contributed by atoms with van der Waals surface area (Å²) in [6.07, 6.45) is 8.60. The van der Waals surface area contributed by atoms with Gasteiger partial charge in [-0.2, -0.15) is 0 Å². The van der Waals surface area contributed by atoms with Crippen LogP contribution in [0.3, 0.4) is 0 Å². The number of carbonyl (C=O) groups is 1. The molecule has 4 rings (SSSR count). The number of hydrogen-bond acceptors (Lipinski definition) is 6. The van der Waals surface area contributed by atoms with Crippen molar-refractivity contribution in [2.75, 3.05) is 18.4 Å². The summed E-state index contributed by atoms with van der Waals surface area (Å²) in [5, 5.41) is 3.31. The second-order valence-electron chi connectivity index (χ2n) is 7.99. The minimum absolute atomic E-state index is 0.00828. The highest BCUT2D eigenvalue weighted by atomic mass is 16.2. The Morgan fingerprint density at radius 1 is 1.13 bits per heavy atom. The second-order valence-corrected chi connectivity index (χ2v) is 7.99. The molecule has 1 fully saturated rings. The Labute approximate surface area is 181 Å². The summed E-state index contributed by atoms with van der Waals surface area (Å²) >= 11 is 0. The average Bonchev–Trinajstić information content (AvgIpc) is 3.24. The van der Waals surface area contributed by atoms with Gasteiger partial charge in [-0.3, -0.25) is 9.78 Å². The number of nitrogens with one attached hydrogen (secondary N) is 2. The first kappa shape index (κ1) is 20.7. The number of piperidine rings is 1. The van der Waals surface area contributed by atoms with Crippen LogP contribution in [-0.4, -0.2) is 48.8 Å². The second kappa shape index (κ2) is 9.07. The Morgan fingerprint density at radius 2 is 1.90 bits per heavy atom. The van der Waals surface area contributed by atoms with Crippen molar-refractivity contribution in [2.45, 2.75) is 39.5 Å². The molecule has 0 radical (unpaired) electrons. The number of imidazole rings is 1. The predicted molar refractivity (Wildman–Crippen MR) is 120 cm³/mol. The normalized spacial score (nSPS) is 16.6. The van der Waals surface area contributed by atoms with E-state index in [2.05, 4.69) is 25.3 Å². The van der Waals surface area contributed by atoms with Crippen LogP contribution in [0, 0.1) is 20.8 Å². The first-order chi connectivity index (χ1) is 15.0. The molecular formula is C23H27N7O. The SMILES string of the molecule is Cc1cc(Nc2nc(C)cc(C)n2)cc(C2CCCN(C(=O)/C=C/c3cnc[nH]3)C2)n1. The lowest BCUT2D eigenvalue weighted by Crippen LogP contribution is -2.38. The molecule has 2 N–H and O–H groups in total. The minimum Gasteiger partial charge on any atom is -0.345 e. The van der Waals surface area contributed by atoms with Crippen LogP contribution in [0.25, 0.3) is 6.08 Å². The van der Waals surface area contributed by atoms with Gasteiger partial charge in [-0.15, -0.1) is 0 Å². The van der Waals surface area contributed by atoms with Crippen molar-refractivity contribution in [2.24, 2.45) is 0 Å². The number of carbonyl (C=O) groups excluding carboxylic acids is 1. The van der Waals surface area contributed by atoms with Crippen molar-refractivity contribution < 1.29 is 4.79 Å². The highest BCUT2D eigenvalue weighted by Crippen LogP contribution is 2.28. The largest absolute Gasteiger partial charge is 0.345 e. The van der Waals surface area contributed by atoms with Crippen molar-refractivity contribution in [1.82, 2.24) is 29.8 Å². The summed E-state index contributed by atoms with van der Waals surface area (Å²) in [6.45, 7) is 7.31. The molecule has 1 aliphatic rings. The van der Waals surface area contributed by atoms with Gasteiger partial charge in [0.05, 0.1) is 18.2 Å². The van der Waals surface area contributed by atoms with E-state index in [9.17, 15) is 4.79 Å². The molecule has 0 aliphatic carbocycles. The fourth-order valence-electron chi connectivity index (χ4n) is 3.93. The number of amides is 1. The van der Waals surface area contributed by atoms with Crippen LogP contribution in [0.2, 0.25) is 0 Å². The van der Waals surface area contributed by atoms with Gasteiger partial charge in [0.25, 0.3) is 0 Å². The zero-order chi connectivity index (χ0) is 21.8. The first-order valence-corrected chi connectivity index (χ1v) is 10.5. The zero-order valence-corrected chi connectivity index (χ0v) is 18.1. The van der Waals surface area contributed by atoms with Crippen LogP contribution >= 0.6 is 0 Å². The summed E-state index contributed by atoms with van der Waals surface area (Å²) in [5.74, 6) is 0.784. The number of pyridine rings is 1. The molecular weight excluding hydrogens is 390 g/mol. The van der Waals surface area contributed by atoms with Gasteiger partial charge in [-0.1, -0.05) is 0 Å². The molecule has 1 unspecified atom stereocenters. The van der Waals surface area contributed by atoms with Crippen molar-refractivity contribution in [1.29, 1.82) is 0 Å². The van der Waals surface area contributed by atoms with Crippen molar-refractivity contribution in [3.63, 3.8) is 0 Å². The molecule has 160 valence electrons. The third kappa shape index (κ3) is 5.33. The van der Waals surface area contributed by atoms with E-state index >= 15 is 0 Å². The summed E-state index contributed by atoms with van der Waals surface area (Å²) in [4.78, 5) is 35.2. The van der Waals surface area contributed by atoms with Crippen LogP contribution in [0.1, 0.15) is 47.2 Å². The lowest BCUT2D eigenvalue weighted by Gasteiger charge is -2.32. The minimum atomic E-state index is 0.00828. The van der Waals surface area contributed by atoms with Gasteiger partial charge in [-0.05, 0) is 57.9 Å². The third-order valence-corrected chi connectivity index (χ3v) is 5.29. The van der Waals surface area contributed by atoms with Gasteiger partial charge < -0.3 is 15.2 Å². The molecule has 1 amide bonds. The van der Waals surface area contributed by atoms with E-state index < -0.39 is 0 Å². The number of aromatic nitrogens is 5. The number of hydrogen-bond donors (Lipinski definition) is 2. The zero-order valence-electron chi connectivity index (χ0n) is 18.1. The van der Waals surface area contributed by atoms with Crippen LogP contribution in [0.5, 0.6) is 0 Å². The monoisotopic (exact) mass is 417 g/mol. The number of aryl methyl sites for hydroxylation is 3. The van der Waals surface area contributed by atoms with E-state index in [1.165, 1.54) is 0 Å². The number of anilines is 2.